The molecule has 1 aromatic carbocycles. The first-order valence-corrected chi connectivity index (χ1v) is 8.99. The molecule has 1 aliphatic heterocycles. The Kier molecular flexibility index (Phi) is 5.02. The summed E-state index contributed by atoms with van der Waals surface area (Å²) in [6.45, 7) is -0.180. The molecular weight excluding hydrogens is 387 g/mol. The van der Waals surface area contributed by atoms with E-state index in [4.69, 9.17) is 0 Å². The fourth-order valence-corrected chi connectivity index (χ4v) is 3.65. The molecule has 0 bridgehead atoms. The largest absolute Gasteiger partial charge is 0.288 e. The van der Waals surface area contributed by atoms with Crippen molar-refractivity contribution in [2.75, 3.05) is 18.8 Å². The Morgan fingerprint density at radius 1 is 1.38 bits per heavy atom. The molecule has 0 aromatic heterocycles. The molecule has 114 valence electrons. The summed E-state index contributed by atoms with van der Waals surface area (Å²) >= 11 is 3.81. The zero-order valence-electron chi connectivity index (χ0n) is 10.5. The summed E-state index contributed by atoms with van der Waals surface area (Å²) in [5.74, 6) is -0.971. The average molecular weight is 397 g/mol. The van der Waals surface area contributed by atoms with Gasteiger partial charge < -0.3 is 0 Å². The molecule has 0 unspecified atom stereocenters. The smallest absolute Gasteiger partial charge is 0.273 e. The van der Waals surface area contributed by atoms with Crippen LogP contribution in [0, 0.1) is 5.82 Å². The predicted octanol–water partition coefficient (Wildman–Crippen LogP) is 1.56. The maximum atomic E-state index is 13.3. The van der Waals surface area contributed by atoms with E-state index in [1.165, 1.54) is 12.1 Å². The monoisotopic (exact) mass is 396 g/mol. The lowest BCUT2D eigenvalue weighted by Gasteiger charge is -2.13. The minimum Gasteiger partial charge on any atom is -0.273 e. The number of sulfonamides is 1. The summed E-state index contributed by atoms with van der Waals surface area (Å²) in [5, 5.41) is -0.395. The number of benzene rings is 1. The van der Waals surface area contributed by atoms with Crippen LogP contribution in [0.15, 0.2) is 27.6 Å². The molecule has 0 aliphatic carbocycles. The fraction of sp³-hybridized carbons (Fsp3) is 0.273. The number of amides is 2. The second kappa shape index (κ2) is 6.42. The highest BCUT2D eigenvalue weighted by atomic mass is 79.9. The van der Waals surface area contributed by atoms with Gasteiger partial charge in [-0.25, -0.2) is 17.5 Å². The van der Waals surface area contributed by atoms with Crippen molar-refractivity contribution in [3.05, 3.63) is 28.5 Å². The molecule has 1 heterocycles. The third-order valence-corrected chi connectivity index (χ3v) is 5.63. The summed E-state index contributed by atoms with van der Waals surface area (Å²) in [4.78, 5) is 23.4. The molecule has 0 atom stereocenters. The Hall–Kier alpha value is -0.970. The summed E-state index contributed by atoms with van der Waals surface area (Å²) < 4.78 is 39.6. The second-order valence-corrected chi connectivity index (χ2v) is 7.62. The zero-order chi connectivity index (χ0) is 15.6. The summed E-state index contributed by atoms with van der Waals surface area (Å²) in [6.07, 6.45) is 0. The molecule has 1 N–H and O–H groups in total. The van der Waals surface area contributed by atoms with Crippen molar-refractivity contribution in [3.63, 3.8) is 0 Å². The second-order valence-electron chi connectivity index (χ2n) is 4.07. The topological polar surface area (TPSA) is 83.6 Å². The first-order chi connectivity index (χ1) is 9.81. The minimum atomic E-state index is -3.89. The molecule has 6 nitrogen and oxygen atoms in total. The highest BCUT2D eigenvalue weighted by Gasteiger charge is 2.29. The first kappa shape index (κ1) is 16.4. The number of halogens is 2. The van der Waals surface area contributed by atoms with Crippen LogP contribution in [0.4, 0.5) is 9.18 Å². The van der Waals surface area contributed by atoms with Gasteiger partial charge in [-0.05, 0) is 34.1 Å². The fourth-order valence-electron chi connectivity index (χ4n) is 1.62. The maximum absolute atomic E-state index is 13.3. The Labute approximate surface area is 133 Å². The van der Waals surface area contributed by atoms with Gasteiger partial charge in [0.15, 0.2) is 0 Å². The number of carbonyl (C=O) groups is 2. The number of thioether (sulfide) groups is 1. The van der Waals surface area contributed by atoms with Gasteiger partial charge in [0.25, 0.3) is 5.24 Å². The van der Waals surface area contributed by atoms with Gasteiger partial charge in [-0.2, -0.15) is 0 Å². The van der Waals surface area contributed by atoms with Gasteiger partial charge in [0.05, 0.1) is 15.1 Å². The normalized spacial score (nSPS) is 15.8. The van der Waals surface area contributed by atoms with E-state index in [9.17, 15) is 22.4 Å². The van der Waals surface area contributed by atoms with Gasteiger partial charge in [0, 0.05) is 13.1 Å². The number of hydrogen-bond donors (Lipinski definition) is 1. The van der Waals surface area contributed by atoms with Crippen molar-refractivity contribution in [1.29, 1.82) is 0 Å². The molecule has 1 aliphatic rings. The summed E-state index contributed by atoms with van der Waals surface area (Å²) in [5.41, 5.74) is 0. The lowest BCUT2D eigenvalue weighted by Crippen LogP contribution is -2.37. The molecule has 1 aromatic rings. The average Bonchev–Trinajstić information content (AvgIpc) is 2.73. The Morgan fingerprint density at radius 2 is 2.10 bits per heavy atom. The van der Waals surface area contributed by atoms with Crippen LogP contribution in [0.25, 0.3) is 0 Å². The van der Waals surface area contributed by atoms with E-state index in [2.05, 4.69) is 20.7 Å². The minimum absolute atomic E-state index is 0.0527. The Balaban J connectivity index is 2.00. The predicted molar refractivity (Wildman–Crippen MR) is 78.9 cm³/mol. The van der Waals surface area contributed by atoms with Gasteiger partial charge in [-0.3, -0.25) is 14.5 Å². The van der Waals surface area contributed by atoms with Crippen LogP contribution in [0.5, 0.6) is 0 Å². The molecular formula is C11H10BrFN2O4S2. The maximum Gasteiger partial charge on any atom is 0.288 e. The van der Waals surface area contributed by atoms with E-state index in [1.807, 2.05) is 0 Å². The molecule has 10 heteroatoms. The highest BCUT2D eigenvalue weighted by Crippen LogP contribution is 2.20. The SMILES string of the molecule is O=C1CSC(=O)N1CCNS(=O)(=O)c1ccc(Br)c(F)c1. The van der Waals surface area contributed by atoms with Crippen molar-refractivity contribution in [3.8, 4) is 0 Å². The lowest BCUT2D eigenvalue weighted by molar-refractivity contribution is -0.124. The molecule has 21 heavy (non-hydrogen) atoms. The number of nitrogens with zero attached hydrogens (tertiary/aromatic N) is 1. The Morgan fingerprint density at radius 3 is 2.67 bits per heavy atom. The van der Waals surface area contributed by atoms with E-state index in [0.717, 1.165) is 22.7 Å². The van der Waals surface area contributed by atoms with Crippen molar-refractivity contribution < 1.29 is 22.4 Å². The molecule has 1 saturated heterocycles. The van der Waals surface area contributed by atoms with Crippen molar-refractivity contribution >= 4 is 48.9 Å². The zero-order valence-corrected chi connectivity index (χ0v) is 13.7. The van der Waals surface area contributed by atoms with Gasteiger partial charge in [-0.1, -0.05) is 11.8 Å². The van der Waals surface area contributed by atoms with Crippen LogP contribution in [0.1, 0.15) is 0 Å². The molecule has 2 amide bonds. The van der Waals surface area contributed by atoms with Crippen molar-refractivity contribution in [2.45, 2.75) is 4.90 Å². The third kappa shape index (κ3) is 3.82. The van der Waals surface area contributed by atoms with E-state index in [0.29, 0.717) is 0 Å². The van der Waals surface area contributed by atoms with Crippen molar-refractivity contribution in [1.82, 2.24) is 9.62 Å². The lowest BCUT2D eigenvalue weighted by atomic mass is 10.3. The standard InChI is InChI=1S/C11H10BrFN2O4S2/c12-8-2-1-7(5-9(8)13)21(18,19)14-3-4-15-10(16)6-20-11(15)17/h1-2,5,14H,3-4,6H2. The number of hydrogen-bond acceptors (Lipinski definition) is 5. The first-order valence-electron chi connectivity index (χ1n) is 5.73. The summed E-state index contributed by atoms with van der Waals surface area (Å²) in [7, 11) is -3.89. The number of rotatable bonds is 5. The molecule has 0 radical (unpaired) electrons. The van der Waals surface area contributed by atoms with Crippen LogP contribution < -0.4 is 4.72 Å². The van der Waals surface area contributed by atoms with Crippen LogP contribution in [-0.4, -0.2) is 43.3 Å². The van der Waals surface area contributed by atoms with E-state index in [-0.39, 0.29) is 34.1 Å². The molecule has 2 rings (SSSR count). The van der Waals surface area contributed by atoms with Crippen molar-refractivity contribution in [2.24, 2.45) is 0 Å². The summed E-state index contributed by atoms with van der Waals surface area (Å²) in [6, 6.07) is 3.42. The number of imide groups is 1. The van der Waals surface area contributed by atoms with Crippen LogP contribution in [0.2, 0.25) is 0 Å². The van der Waals surface area contributed by atoms with Crippen LogP contribution in [-0.2, 0) is 14.8 Å². The Bertz CT molecular complexity index is 679. The van der Waals surface area contributed by atoms with Gasteiger partial charge >= 0.3 is 0 Å². The molecule has 1 fully saturated rings. The van der Waals surface area contributed by atoms with Crippen LogP contribution >= 0.6 is 27.7 Å². The molecule has 0 saturated carbocycles. The quantitative estimate of drug-likeness (QED) is 0.816. The number of carbonyl (C=O) groups excluding carboxylic acids is 2. The molecule has 0 spiro atoms. The van der Waals surface area contributed by atoms with Gasteiger partial charge in [0.1, 0.15) is 5.82 Å². The third-order valence-electron chi connectivity index (χ3n) is 2.67. The number of nitrogens with one attached hydrogen (secondary N) is 1. The van der Waals surface area contributed by atoms with E-state index in [1.54, 1.807) is 0 Å². The van der Waals surface area contributed by atoms with Crippen LogP contribution in [0.3, 0.4) is 0 Å². The highest BCUT2D eigenvalue weighted by molar-refractivity contribution is 9.10. The van der Waals surface area contributed by atoms with E-state index < -0.39 is 21.1 Å². The van der Waals surface area contributed by atoms with E-state index >= 15 is 0 Å². The van der Waals surface area contributed by atoms with Gasteiger partial charge in [0.2, 0.25) is 15.9 Å². The van der Waals surface area contributed by atoms with Gasteiger partial charge in [-0.15, -0.1) is 0 Å².